The number of rotatable bonds is 1. The van der Waals surface area contributed by atoms with Gasteiger partial charge < -0.3 is 0 Å². The van der Waals surface area contributed by atoms with Crippen molar-refractivity contribution in [2.75, 3.05) is 0 Å². The van der Waals surface area contributed by atoms with E-state index in [1.165, 1.54) is 0 Å². The molecule has 3 nitrogen and oxygen atoms in total. The van der Waals surface area contributed by atoms with Gasteiger partial charge in [-0.15, -0.1) is 0 Å². The molecule has 0 saturated heterocycles. The van der Waals surface area contributed by atoms with Crippen LogP contribution >= 0.6 is 0 Å². The minimum absolute atomic E-state index is 0.402. The van der Waals surface area contributed by atoms with Gasteiger partial charge in [0.15, 0.2) is 0 Å². The molecule has 1 rings (SSSR count). The van der Waals surface area contributed by atoms with E-state index in [4.69, 9.17) is 5.73 Å². The number of hydrogen-bond donors (Lipinski definition) is 1. The second-order valence-corrected chi connectivity index (χ2v) is 2.52. The monoisotopic (exact) mass is 200 g/mol. The van der Waals surface area contributed by atoms with E-state index < -0.39 is 0 Å². The summed E-state index contributed by atoms with van der Waals surface area (Å²) in [4.78, 5) is 7.82. The van der Waals surface area contributed by atoms with Crippen molar-refractivity contribution in [3.05, 3.63) is 24.4 Å². The summed E-state index contributed by atoms with van der Waals surface area (Å²) in [6, 6.07) is 5.47. The van der Waals surface area contributed by atoms with Crippen molar-refractivity contribution in [2.24, 2.45) is 10.7 Å². The third-order valence-electron chi connectivity index (χ3n) is 0.874. The van der Waals surface area contributed by atoms with Crippen LogP contribution in [-0.4, -0.2) is 25.7 Å². The number of pyridine rings is 1. The Kier molecular flexibility index (Phi) is 2.42. The molecule has 51 valence electrons. The molecule has 0 aliphatic heterocycles. The number of aromatic nitrogens is 1. The average Bonchev–Trinajstić information content (AvgIpc) is 1.88. The van der Waals surface area contributed by atoms with E-state index >= 15 is 0 Å². The minimum atomic E-state index is 0.402. The standard InChI is InChI=1S/C6H6N3Se/c7-6(10)9-5-3-1-2-4-8-5/h1-4H,(H2,7,8,9). The van der Waals surface area contributed by atoms with Gasteiger partial charge in [-0.3, -0.25) is 0 Å². The molecular formula is C6H6N3Se. The fourth-order valence-electron chi connectivity index (χ4n) is 0.533. The second kappa shape index (κ2) is 3.34. The van der Waals surface area contributed by atoms with Crippen molar-refractivity contribution in [3.63, 3.8) is 0 Å². The predicted molar refractivity (Wildman–Crippen MR) is 41.3 cm³/mol. The summed E-state index contributed by atoms with van der Waals surface area (Å²) in [5, 5.41) is 0. The molecule has 0 atom stereocenters. The van der Waals surface area contributed by atoms with Crippen LogP contribution in [0.1, 0.15) is 0 Å². The molecule has 1 heterocycles. The zero-order valence-corrected chi connectivity index (χ0v) is 6.90. The summed E-state index contributed by atoms with van der Waals surface area (Å²) >= 11 is 2.58. The van der Waals surface area contributed by atoms with Crippen LogP contribution in [0, 0.1) is 0 Å². The predicted octanol–water partition coefficient (Wildman–Crippen LogP) is 0.196. The van der Waals surface area contributed by atoms with Gasteiger partial charge in [0, 0.05) is 0 Å². The van der Waals surface area contributed by atoms with E-state index in [1.807, 2.05) is 12.1 Å². The Balaban J connectivity index is 2.87. The molecule has 1 aromatic heterocycles. The first-order valence-electron chi connectivity index (χ1n) is 2.71. The molecule has 0 aromatic carbocycles. The van der Waals surface area contributed by atoms with Crippen molar-refractivity contribution in [3.8, 4) is 0 Å². The normalized spacial score (nSPS) is 11.4. The van der Waals surface area contributed by atoms with Crippen LogP contribution in [0.2, 0.25) is 0 Å². The molecule has 1 radical (unpaired) electrons. The molecule has 1 aromatic rings. The SMILES string of the molecule is NC([Se])=Nc1ccccn1. The Morgan fingerprint density at radius 2 is 2.40 bits per heavy atom. The Bertz CT molecular complexity index is 228. The van der Waals surface area contributed by atoms with Gasteiger partial charge in [0.1, 0.15) is 0 Å². The van der Waals surface area contributed by atoms with E-state index in [-0.39, 0.29) is 0 Å². The van der Waals surface area contributed by atoms with Gasteiger partial charge in [-0.25, -0.2) is 0 Å². The Morgan fingerprint density at radius 1 is 1.60 bits per heavy atom. The van der Waals surface area contributed by atoms with Crippen molar-refractivity contribution in [1.82, 2.24) is 4.98 Å². The van der Waals surface area contributed by atoms with Crippen molar-refractivity contribution >= 4 is 26.6 Å². The topological polar surface area (TPSA) is 51.3 Å². The van der Waals surface area contributed by atoms with Gasteiger partial charge in [-0.2, -0.15) is 0 Å². The van der Waals surface area contributed by atoms with Crippen LogP contribution in [0.4, 0.5) is 5.82 Å². The fourth-order valence-corrected chi connectivity index (χ4v) is 0.729. The van der Waals surface area contributed by atoms with Crippen molar-refractivity contribution < 1.29 is 0 Å². The molecule has 0 aliphatic carbocycles. The second-order valence-electron chi connectivity index (χ2n) is 1.64. The van der Waals surface area contributed by atoms with Crippen LogP contribution in [0.25, 0.3) is 0 Å². The Labute approximate surface area is 67.2 Å². The summed E-state index contributed by atoms with van der Waals surface area (Å²) in [6.07, 6.45) is 1.67. The molecular weight excluding hydrogens is 193 g/mol. The van der Waals surface area contributed by atoms with E-state index in [0.717, 1.165) is 0 Å². The number of amidine groups is 1. The summed E-state index contributed by atoms with van der Waals surface area (Å²) in [5.74, 6) is 0.624. The van der Waals surface area contributed by atoms with Crippen LogP contribution in [0.5, 0.6) is 0 Å². The van der Waals surface area contributed by atoms with Gasteiger partial charge in [0.2, 0.25) is 0 Å². The summed E-state index contributed by atoms with van der Waals surface area (Å²) in [5.41, 5.74) is 5.28. The van der Waals surface area contributed by atoms with Crippen LogP contribution < -0.4 is 5.73 Å². The number of aliphatic imine (C=N–C) groups is 1. The zero-order valence-electron chi connectivity index (χ0n) is 5.19. The molecule has 10 heavy (non-hydrogen) atoms. The molecule has 0 bridgehead atoms. The summed E-state index contributed by atoms with van der Waals surface area (Å²) in [7, 11) is 0. The third kappa shape index (κ3) is 2.17. The first-order valence-corrected chi connectivity index (χ1v) is 3.57. The van der Waals surface area contributed by atoms with Crippen LogP contribution in [0.15, 0.2) is 29.4 Å². The van der Waals surface area contributed by atoms with Crippen molar-refractivity contribution in [2.45, 2.75) is 0 Å². The van der Waals surface area contributed by atoms with Gasteiger partial charge in [-0.05, 0) is 0 Å². The molecule has 0 aliphatic rings. The van der Waals surface area contributed by atoms with Crippen LogP contribution in [0.3, 0.4) is 0 Å². The average molecular weight is 199 g/mol. The number of hydrogen-bond acceptors (Lipinski definition) is 2. The summed E-state index contributed by atoms with van der Waals surface area (Å²) in [6.45, 7) is 0. The maximum absolute atomic E-state index is 5.28. The molecule has 4 heteroatoms. The third-order valence-corrected chi connectivity index (χ3v) is 1.07. The zero-order chi connectivity index (χ0) is 7.40. The van der Waals surface area contributed by atoms with Gasteiger partial charge in [0.25, 0.3) is 0 Å². The van der Waals surface area contributed by atoms with Gasteiger partial charge in [0.05, 0.1) is 0 Å². The summed E-state index contributed by atoms with van der Waals surface area (Å²) < 4.78 is 0.402. The molecule has 0 unspecified atom stereocenters. The van der Waals surface area contributed by atoms with Gasteiger partial charge in [-0.1, -0.05) is 0 Å². The molecule has 0 fully saturated rings. The van der Waals surface area contributed by atoms with Gasteiger partial charge >= 0.3 is 66.7 Å². The quantitative estimate of drug-likeness (QED) is 0.399. The maximum atomic E-state index is 5.28. The fraction of sp³-hybridized carbons (Fsp3) is 0. The van der Waals surface area contributed by atoms with E-state index in [2.05, 4.69) is 26.0 Å². The van der Waals surface area contributed by atoms with E-state index in [0.29, 0.717) is 10.6 Å². The number of nitrogens with two attached hydrogens (primary N) is 1. The first-order chi connectivity index (χ1) is 4.79. The van der Waals surface area contributed by atoms with Crippen molar-refractivity contribution in [1.29, 1.82) is 0 Å². The Hall–Kier alpha value is -0.861. The number of nitrogens with zero attached hydrogens (tertiary/aromatic N) is 2. The molecule has 0 spiro atoms. The molecule has 2 N–H and O–H groups in total. The Morgan fingerprint density at radius 3 is 2.90 bits per heavy atom. The van der Waals surface area contributed by atoms with Crippen LogP contribution in [-0.2, 0) is 0 Å². The first kappa shape index (κ1) is 7.25. The molecule has 0 saturated carbocycles. The molecule has 0 amide bonds. The van der Waals surface area contributed by atoms with E-state index in [1.54, 1.807) is 12.3 Å². The van der Waals surface area contributed by atoms with E-state index in [9.17, 15) is 0 Å².